The Hall–Kier alpha value is -2.82. The molecule has 0 bridgehead atoms. The zero-order valence-corrected chi connectivity index (χ0v) is 16.6. The molecule has 1 aromatic rings. The lowest BCUT2D eigenvalue weighted by atomic mass is 9.96. The van der Waals surface area contributed by atoms with Crippen molar-refractivity contribution in [3.05, 3.63) is 35.4 Å². The number of rotatable bonds is 4. The van der Waals surface area contributed by atoms with Crippen LogP contribution in [0, 0.1) is 5.92 Å². The maximum atomic E-state index is 12.9. The zero-order valence-electron chi connectivity index (χ0n) is 16.6. The van der Waals surface area contributed by atoms with Crippen LogP contribution in [-0.4, -0.2) is 69.7 Å². The number of alkyl halides is 3. The average Bonchev–Trinajstić information content (AvgIpc) is 3.13. The number of hydrogen-bond donors (Lipinski definition) is 3. The second-order valence-electron chi connectivity index (χ2n) is 7.88. The third kappa shape index (κ3) is 5.46. The largest absolute Gasteiger partial charge is 0.465 e. The summed E-state index contributed by atoms with van der Waals surface area (Å²) >= 11 is 0. The predicted molar refractivity (Wildman–Crippen MR) is 102 cm³/mol. The Kier molecular flexibility index (Phi) is 6.73. The molecular formula is C20H24F3N3O5. The van der Waals surface area contributed by atoms with Crippen LogP contribution >= 0.6 is 0 Å². The van der Waals surface area contributed by atoms with Crippen LogP contribution in [0.4, 0.5) is 18.0 Å². The van der Waals surface area contributed by atoms with Crippen molar-refractivity contribution in [3.63, 3.8) is 0 Å². The van der Waals surface area contributed by atoms with Crippen molar-refractivity contribution in [2.24, 2.45) is 5.92 Å². The molecule has 1 unspecified atom stereocenters. The molecule has 0 aromatic heterocycles. The van der Waals surface area contributed by atoms with E-state index in [1.54, 1.807) is 0 Å². The van der Waals surface area contributed by atoms with E-state index in [4.69, 9.17) is 5.11 Å². The van der Waals surface area contributed by atoms with E-state index in [9.17, 15) is 32.7 Å². The Morgan fingerprint density at radius 3 is 2.42 bits per heavy atom. The number of aliphatic hydroxyl groups is 1. The Balaban J connectivity index is 1.61. The number of amides is 3. The molecule has 1 aromatic carbocycles. The second kappa shape index (κ2) is 9.13. The van der Waals surface area contributed by atoms with E-state index >= 15 is 0 Å². The molecule has 3 amide bonds. The highest BCUT2D eigenvalue weighted by atomic mass is 19.4. The van der Waals surface area contributed by atoms with Crippen molar-refractivity contribution in [3.8, 4) is 0 Å². The van der Waals surface area contributed by atoms with E-state index < -0.39 is 41.8 Å². The van der Waals surface area contributed by atoms with Crippen molar-refractivity contribution in [2.75, 3.05) is 19.6 Å². The summed E-state index contributed by atoms with van der Waals surface area (Å²) in [5, 5.41) is 21.8. The maximum absolute atomic E-state index is 12.9. The summed E-state index contributed by atoms with van der Waals surface area (Å²) in [6.45, 7) is 0.335. The van der Waals surface area contributed by atoms with Crippen LogP contribution in [-0.2, 0) is 22.3 Å². The first-order chi connectivity index (χ1) is 14.6. The fourth-order valence-electron chi connectivity index (χ4n) is 4.01. The molecule has 3 rings (SSSR count). The number of hydrogen-bond acceptors (Lipinski definition) is 4. The van der Waals surface area contributed by atoms with Gasteiger partial charge in [0.1, 0.15) is 6.04 Å². The van der Waals surface area contributed by atoms with Crippen LogP contribution in [0.5, 0.6) is 0 Å². The van der Waals surface area contributed by atoms with Crippen LogP contribution in [0.3, 0.4) is 0 Å². The third-order valence-electron chi connectivity index (χ3n) is 5.65. The van der Waals surface area contributed by atoms with Crippen LogP contribution in [0.15, 0.2) is 24.3 Å². The summed E-state index contributed by atoms with van der Waals surface area (Å²) in [5.41, 5.74) is -0.330. The van der Waals surface area contributed by atoms with Crippen LogP contribution < -0.4 is 5.32 Å². The summed E-state index contributed by atoms with van der Waals surface area (Å²) in [6.07, 6.45) is -5.37. The van der Waals surface area contributed by atoms with E-state index in [-0.39, 0.29) is 32.0 Å². The van der Waals surface area contributed by atoms with Gasteiger partial charge in [-0.25, -0.2) is 4.79 Å². The minimum absolute atomic E-state index is 0.0260. The van der Waals surface area contributed by atoms with Gasteiger partial charge in [0.15, 0.2) is 0 Å². The molecule has 3 atom stereocenters. The highest BCUT2D eigenvalue weighted by Crippen LogP contribution is 2.29. The molecule has 0 saturated carbocycles. The third-order valence-corrected chi connectivity index (χ3v) is 5.65. The summed E-state index contributed by atoms with van der Waals surface area (Å²) in [4.78, 5) is 39.2. The van der Waals surface area contributed by atoms with E-state index in [0.717, 1.165) is 17.0 Å². The van der Waals surface area contributed by atoms with E-state index in [1.165, 1.54) is 17.0 Å². The minimum atomic E-state index is -4.45. The molecule has 11 heteroatoms. The van der Waals surface area contributed by atoms with E-state index in [0.29, 0.717) is 24.9 Å². The normalized spacial score (nSPS) is 24.2. The van der Waals surface area contributed by atoms with Gasteiger partial charge in [0.05, 0.1) is 17.6 Å². The Labute approximate surface area is 176 Å². The van der Waals surface area contributed by atoms with Crippen LogP contribution in [0.25, 0.3) is 0 Å². The molecule has 0 aliphatic carbocycles. The SMILES string of the molecule is O=C(NCc1ccc(C(F)(F)F)cc1)[C@H]1C[C@@H](O)CN1C(=O)C1CCCN(C(=O)O)C1. The van der Waals surface area contributed by atoms with E-state index in [2.05, 4.69) is 5.32 Å². The lowest BCUT2D eigenvalue weighted by molar-refractivity contribution is -0.143. The molecule has 0 radical (unpaired) electrons. The second-order valence-corrected chi connectivity index (χ2v) is 7.88. The molecule has 170 valence electrons. The first-order valence-corrected chi connectivity index (χ1v) is 9.96. The van der Waals surface area contributed by atoms with Gasteiger partial charge in [0.2, 0.25) is 11.8 Å². The number of benzene rings is 1. The number of halogens is 3. The van der Waals surface area contributed by atoms with Gasteiger partial charge in [0, 0.05) is 32.6 Å². The molecule has 2 saturated heterocycles. The first-order valence-electron chi connectivity index (χ1n) is 9.96. The molecule has 31 heavy (non-hydrogen) atoms. The molecule has 2 aliphatic rings. The van der Waals surface area contributed by atoms with Crippen LogP contribution in [0.1, 0.15) is 30.4 Å². The van der Waals surface area contributed by atoms with Gasteiger partial charge in [-0.1, -0.05) is 12.1 Å². The van der Waals surface area contributed by atoms with Gasteiger partial charge in [-0.2, -0.15) is 13.2 Å². The topological polar surface area (TPSA) is 110 Å². The highest BCUT2D eigenvalue weighted by Gasteiger charge is 2.42. The molecule has 2 heterocycles. The monoisotopic (exact) mass is 443 g/mol. The number of carbonyl (C=O) groups excluding carboxylic acids is 2. The molecular weight excluding hydrogens is 419 g/mol. The minimum Gasteiger partial charge on any atom is -0.465 e. The van der Waals surface area contributed by atoms with E-state index in [1.807, 2.05) is 0 Å². The number of piperidine rings is 1. The van der Waals surface area contributed by atoms with Gasteiger partial charge in [-0.05, 0) is 30.5 Å². The number of nitrogens with one attached hydrogen (secondary N) is 1. The Bertz CT molecular complexity index is 830. The van der Waals surface area contributed by atoms with Gasteiger partial charge in [-0.15, -0.1) is 0 Å². The predicted octanol–water partition coefficient (Wildman–Crippen LogP) is 1.67. The lowest BCUT2D eigenvalue weighted by Crippen LogP contribution is -2.51. The number of carbonyl (C=O) groups is 3. The fourth-order valence-corrected chi connectivity index (χ4v) is 4.01. The number of carboxylic acid groups (broad SMARTS) is 1. The summed E-state index contributed by atoms with van der Waals surface area (Å²) in [7, 11) is 0. The maximum Gasteiger partial charge on any atom is 0.416 e. The quantitative estimate of drug-likeness (QED) is 0.656. The molecule has 2 fully saturated rings. The number of β-amino-alcohol motifs (C(OH)–C–C–N with tert-alkyl or cyclic N) is 1. The van der Waals surface area contributed by atoms with Crippen molar-refractivity contribution in [1.29, 1.82) is 0 Å². The van der Waals surface area contributed by atoms with Crippen molar-refractivity contribution < 1.29 is 37.8 Å². The van der Waals surface area contributed by atoms with Crippen LogP contribution in [0.2, 0.25) is 0 Å². The smallest absolute Gasteiger partial charge is 0.416 e. The fraction of sp³-hybridized carbons (Fsp3) is 0.550. The Morgan fingerprint density at radius 2 is 1.81 bits per heavy atom. The number of likely N-dealkylation sites (tertiary alicyclic amines) is 2. The summed E-state index contributed by atoms with van der Waals surface area (Å²) < 4.78 is 37.9. The Morgan fingerprint density at radius 1 is 1.13 bits per heavy atom. The zero-order chi connectivity index (χ0) is 22.8. The average molecular weight is 443 g/mol. The lowest BCUT2D eigenvalue weighted by Gasteiger charge is -2.34. The highest BCUT2D eigenvalue weighted by molar-refractivity contribution is 5.89. The van der Waals surface area contributed by atoms with Crippen molar-refractivity contribution in [1.82, 2.24) is 15.1 Å². The van der Waals surface area contributed by atoms with Crippen molar-refractivity contribution in [2.45, 2.75) is 44.1 Å². The summed E-state index contributed by atoms with van der Waals surface area (Å²) in [5.74, 6) is -1.48. The molecule has 0 spiro atoms. The van der Waals surface area contributed by atoms with Gasteiger partial charge < -0.3 is 25.3 Å². The number of nitrogens with zero attached hydrogens (tertiary/aromatic N) is 2. The molecule has 2 aliphatic heterocycles. The standard InChI is InChI=1S/C20H24F3N3O5/c21-20(22,23)14-5-3-12(4-6-14)9-24-17(28)16-8-15(27)11-26(16)18(29)13-2-1-7-25(10-13)19(30)31/h3-6,13,15-16,27H,1-2,7-11H2,(H,24,28)(H,30,31)/t13?,15-,16-/m1/s1. The first kappa shape index (κ1) is 22.9. The van der Waals surface area contributed by atoms with Gasteiger partial charge in [-0.3, -0.25) is 9.59 Å². The van der Waals surface area contributed by atoms with Gasteiger partial charge in [0.25, 0.3) is 0 Å². The molecule has 8 nitrogen and oxygen atoms in total. The van der Waals surface area contributed by atoms with Gasteiger partial charge >= 0.3 is 12.3 Å². The van der Waals surface area contributed by atoms with Crippen molar-refractivity contribution >= 4 is 17.9 Å². The number of aliphatic hydroxyl groups excluding tert-OH is 1. The molecule has 3 N–H and O–H groups in total. The summed E-state index contributed by atoms with van der Waals surface area (Å²) in [6, 6.07) is 3.45.